The molecule has 33 heavy (non-hydrogen) atoms. The molecule has 1 aromatic heterocycles. The fraction of sp³-hybridized carbons (Fsp3) is 0.556. The lowest BCUT2D eigenvalue weighted by molar-refractivity contribution is -0.122. The van der Waals surface area contributed by atoms with E-state index in [1.165, 1.54) is 25.0 Å². The molecule has 6 nitrogen and oxygen atoms in total. The van der Waals surface area contributed by atoms with Gasteiger partial charge in [0, 0.05) is 37.4 Å². The Morgan fingerprint density at radius 3 is 2.82 bits per heavy atom. The van der Waals surface area contributed by atoms with Crippen LogP contribution in [0.3, 0.4) is 0 Å². The van der Waals surface area contributed by atoms with Gasteiger partial charge in [0.15, 0.2) is 0 Å². The number of carbonyl (C=O) groups is 1. The molecule has 2 N–H and O–H groups in total. The fourth-order valence-electron chi connectivity index (χ4n) is 4.73. The molecule has 0 aromatic carbocycles. The minimum Gasteiger partial charge on any atom is -0.365 e. The lowest BCUT2D eigenvalue weighted by Crippen LogP contribution is -2.50. The van der Waals surface area contributed by atoms with E-state index in [1.54, 1.807) is 0 Å². The van der Waals surface area contributed by atoms with Crippen LogP contribution in [-0.2, 0) is 4.79 Å². The molecule has 1 saturated carbocycles. The molecule has 1 aromatic rings. The lowest BCUT2D eigenvalue weighted by atomic mass is 9.92. The van der Waals surface area contributed by atoms with Crippen LogP contribution >= 0.6 is 0 Å². The summed E-state index contributed by atoms with van der Waals surface area (Å²) in [5, 5.41) is 6.56. The first-order valence-corrected chi connectivity index (χ1v) is 12.4. The van der Waals surface area contributed by atoms with E-state index in [9.17, 15) is 4.79 Å². The number of pyridine rings is 1. The van der Waals surface area contributed by atoms with Crippen molar-refractivity contribution >= 4 is 23.8 Å². The Balaban J connectivity index is 1.77. The summed E-state index contributed by atoms with van der Waals surface area (Å²) in [6.45, 7) is 13.6. The molecule has 6 heteroatoms. The zero-order valence-electron chi connectivity index (χ0n) is 20.9. The van der Waals surface area contributed by atoms with E-state index in [-0.39, 0.29) is 5.91 Å². The number of nitrogens with zero attached hydrogens (tertiary/aromatic N) is 3. The molecule has 1 unspecified atom stereocenters. The lowest BCUT2D eigenvalue weighted by Gasteiger charge is -2.39. The second-order valence-electron chi connectivity index (χ2n) is 9.26. The third-order valence-corrected chi connectivity index (χ3v) is 6.78. The number of piperazine rings is 1. The predicted octanol–water partition coefficient (Wildman–Crippen LogP) is 4.12. The van der Waals surface area contributed by atoms with Gasteiger partial charge in [-0.05, 0) is 57.9 Å². The van der Waals surface area contributed by atoms with Crippen molar-refractivity contribution in [2.45, 2.75) is 65.0 Å². The number of aromatic nitrogens is 1. The summed E-state index contributed by atoms with van der Waals surface area (Å²) in [7, 11) is 2.03. The Hall–Kier alpha value is -2.44. The van der Waals surface area contributed by atoms with Crippen molar-refractivity contribution in [2.24, 2.45) is 0 Å². The quantitative estimate of drug-likeness (QED) is 0.560. The maximum absolute atomic E-state index is 12.5. The number of rotatable bonds is 10. The van der Waals surface area contributed by atoms with Crippen LogP contribution in [0.5, 0.6) is 0 Å². The van der Waals surface area contributed by atoms with Crippen LogP contribution in [0.2, 0.25) is 0 Å². The summed E-state index contributed by atoms with van der Waals surface area (Å²) < 4.78 is 0. The maximum atomic E-state index is 12.5. The van der Waals surface area contributed by atoms with Crippen molar-refractivity contribution in [3.05, 3.63) is 47.4 Å². The molecule has 3 rings (SSSR count). The van der Waals surface area contributed by atoms with Gasteiger partial charge in [0.25, 0.3) is 0 Å². The molecule has 0 bridgehead atoms. The van der Waals surface area contributed by atoms with Gasteiger partial charge in [0.2, 0.25) is 5.91 Å². The highest BCUT2D eigenvalue weighted by Crippen LogP contribution is 2.26. The fourth-order valence-corrected chi connectivity index (χ4v) is 4.73. The molecule has 0 spiro atoms. The summed E-state index contributed by atoms with van der Waals surface area (Å²) in [5.74, 6) is 0.0202. The van der Waals surface area contributed by atoms with Crippen molar-refractivity contribution < 1.29 is 4.79 Å². The van der Waals surface area contributed by atoms with Crippen LogP contribution in [0, 0.1) is 0 Å². The Morgan fingerprint density at radius 2 is 2.18 bits per heavy atom. The maximum Gasteiger partial charge on any atom is 0.238 e. The van der Waals surface area contributed by atoms with Gasteiger partial charge in [-0.2, -0.15) is 0 Å². The first kappa shape index (κ1) is 25.2. The summed E-state index contributed by atoms with van der Waals surface area (Å²) in [4.78, 5) is 22.2. The van der Waals surface area contributed by atoms with Gasteiger partial charge in [0.05, 0.1) is 23.6 Å². The average Bonchev–Trinajstić information content (AvgIpc) is 2.74. The van der Waals surface area contributed by atoms with E-state index in [0.717, 1.165) is 55.1 Å². The second-order valence-corrected chi connectivity index (χ2v) is 9.26. The number of nitrogens with one attached hydrogen (secondary N) is 2. The average molecular weight is 452 g/mol. The van der Waals surface area contributed by atoms with Crippen molar-refractivity contribution in [2.75, 3.05) is 33.2 Å². The Morgan fingerprint density at radius 1 is 1.39 bits per heavy atom. The van der Waals surface area contributed by atoms with Crippen LogP contribution in [-0.4, -0.2) is 66.0 Å². The largest absolute Gasteiger partial charge is 0.365 e. The number of carbonyl (C=O) groups excluding carboxylic acids is 1. The highest BCUT2D eigenvalue weighted by Gasteiger charge is 2.25. The monoisotopic (exact) mass is 451 g/mol. The van der Waals surface area contributed by atoms with Crippen molar-refractivity contribution in [3.63, 3.8) is 0 Å². The summed E-state index contributed by atoms with van der Waals surface area (Å²) in [6.07, 6.45) is 11.9. The van der Waals surface area contributed by atoms with E-state index >= 15 is 0 Å². The standard InChI is InChI=1S/C27H41N5O/c1-6-10-23-18-28-15-16-32(23)26(8-3)24-14-13-21(7-2)25(30-24)17-20(4)29-27(33)19-31(5)22-11-9-12-22/h7-8,13-14,17,22-23,28H,2,6,9-12,15-16,18-19H2,1,3-5H3,(H,29,33)/b20-17+,26-8-. The van der Waals surface area contributed by atoms with Crippen molar-refractivity contribution in [1.29, 1.82) is 0 Å². The van der Waals surface area contributed by atoms with Gasteiger partial charge in [-0.1, -0.05) is 44.6 Å². The normalized spacial score (nSPS) is 20.0. The number of amides is 1. The molecule has 1 amide bonds. The molecule has 2 fully saturated rings. The highest BCUT2D eigenvalue weighted by atomic mass is 16.2. The van der Waals surface area contributed by atoms with Crippen molar-refractivity contribution in [1.82, 2.24) is 25.4 Å². The molecule has 1 aliphatic carbocycles. The molecular weight excluding hydrogens is 410 g/mol. The van der Waals surface area contributed by atoms with Crippen LogP contribution in [0.1, 0.15) is 69.8 Å². The number of likely N-dealkylation sites (N-methyl/N-ethyl adjacent to an activating group) is 1. The van der Waals surface area contributed by atoms with Crippen LogP contribution in [0.25, 0.3) is 17.8 Å². The highest BCUT2D eigenvalue weighted by molar-refractivity contribution is 5.81. The summed E-state index contributed by atoms with van der Waals surface area (Å²) in [6, 6.07) is 5.17. The number of hydrogen-bond donors (Lipinski definition) is 2. The van der Waals surface area contributed by atoms with Gasteiger partial charge in [-0.3, -0.25) is 9.69 Å². The number of allylic oxidation sites excluding steroid dienone is 2. The zero-order chi connectivity index (χ0) is 23.8. The van der Waals surface area contributed by atoms with Crippen molar-refractivity contribution in [3.8, 4) is 0 Å². The minimum atomic E-state index is 0.0202. The summed E-state index contributed by atoms with van der Waals surface area (Å²) in [5.41, 5.74) is 4.71. The third-order valence-electron chi connectivity index (χ3n) is 6.78. The number of hydrogen-bond acceptors (Lipinski definition) is 5. The Kier molecular flexibility index (Phi) is 9.27. The molecule has 1 saturated heterocycles. The summed E-state index contributed by atoms with van der Waals surface area (Å²) >= 11 is 0. The second kappa shape index (κ2) is 12.1. The van der Waals surface area contributed by atoms with Gasteiger partial charge >= 0.3 is 0 Å². The Labute approximate surface area is 199 Å². The van der Waals surface area contributed by atoms with Crippen LogP contribution in [0.15, 0.2) is 30.5 Å². The molecule has 2 aliphatic rings. The predicted molar refractivity (Wildman–Crippen MR) is 138 cm³/mol. The topological polar surface area (TPSA) is 60.5 Å². The molecule has 180 valence electrons. The van der Waals surface area contributed by atoms with E-state index in [4.69, 9.17) is 4.98 Å². The van der Waals surface area contributed by atoms with Gasteiger partial charge in [-0.25, -0.2) is 4.98 Å². The van der Waals surface area contributed by atoms with Gasteiger partial charge in [0.1, 0.15) is 0 Å². The molecule has 1 atom stereocenters. The molecular formula is C27H41N5O. The third kappa shape index (κ3) is 6.55. The molecule has 1 aliphatic heterocycles. The zero-order valence-corrected chi connectivity index (χ0v) is 20.9. The van der Waals surface area contributed by atoms with Gasteiger partial charge < -0.3 is 15.5 Å². The van der Waals surface area contributed by atoms with E-state index < -0.39 is 0 Å². The first-order valence-electron chi connectivity index (χ1n) is 12.4. The molecule has 2 heterocycles. The van der Waals surface area contributed by atoms with E-state index in [0.29, 0.717) is 18.6 Å². The molecule has 0 radical (unpaired) electrons. The minimum absolute atomic E-state index is 0.0202. The van der Waals surface area contributed by atoms with E-state index in [1.807, 2.05) is 26.1 Å². The smallest absolute Gasteiger partial charge is 0.238 e. The van der Waals surface area contributed by atoms with Crippen LogP contribution < -0.4 is 10.6 Å². The van der Waals surface area contributed by atoms with Gasteiger partial charge in [-0.15, -0.1) is 0 Å². The SMILES string of the molecule is C=Cc1ccc(/C(=C/C)N2CCNCC2CCC)nc1/C=C(\C)NC(=O)CN(C)C1CCC1. The first-order chi connectivity index (χ1) is 16.0. The van der Waals surface area contributed by atoms with Crippen LogP contribution in [0.4, 0.5) is 0 Å². The van der Waals surface area contributed by atoms with E-state index in [2.05, 4.69) is 59.1 Å². The Bertz CT molecular complexity index is 884.